The van der Waals surface area contributed by atoms with Crippen LogP contribution in [0.2, 0.25) is 0 Å². The van der Waals surface area contributed by atoms with E-state index in [4.69, 9.17) is 16.3 Å². The highest BCUT2D eigenvalue weighted by atomic mass is 127. The number of hydrogen-bond donors (Lipinski definition) is 0. The summed E-state index contributed by atoms with van der Waals surface area (Å²) in [5.41, 5.74) is 3.80. The maximum atomic E-state index is 13.3. The molecule has 168 valence electrons. The van der Waals surface area contributed by atoms with E-state index in [-0.39, 0.29) is 12.5 Å². The number of halogens is 2. The van der Waals surface area contributed by atoms with Crippen molar-refractivity contribution >= 4 is 62.8 Å². The van der Waals surface area contributed by atoms with Crippen LogP contribution in [-0.2, 0) is 11.2 Å². The fourth-order valence-corrected chi connectivity index (χ4v) is 4.42. The Morgan fingerprint density at radius 2 is 1.84 bits per heavy atom. The highest BCUT2D eigenvalue weighted by Gasteiger charge is 2.26. The second kappa shape index (κ2) is 10.1. The molecule has 3 rings (SSSR count). The van der Waals surface area contributed by atoms with Gasteiger partial charge in [-0.25, -0.2) is 4.79 Å². The van der Waals surface area contributed by atoms with Gasteiger partial charge in [-0.3, -0.25) is 14.3 Å². The fourth-order valence-electron chi connectivity index (χ4n) is 3.44. The van der Waals surface area contributed by atoms with Crippen LogP contribution in [-0.4, -0.2) is 28.7 Å². The molecule has 32 heavy (non-hydrogen) atoms. The van der Waals surface area contributed by atoms with Crippen LogP contribution in [0.1, 0.15) is 43.7 Å². The quantitative estimate of drug-likeness (QED) is 0.314. The average Bonchev–Trinajstić information content (AvgIpc) is 3.13. The van der Waals surface area contributed by atoms with Crippen LogP contribution in [0, 0.1) is 3.57 Å². The maximum absolute atomic E-state index is 13.3. The molecule has 0 bridgehead atoms. The molecule has 0 atom stereocenters. The minimum absolute atomic E-state index is 0.0740. The molecule has 7 heteroatoms. The lowest BCUT2D eigenvalue weighted by molar-refractivity contribution is 0.0584. The van der Waals surface area contributed by atoms with E-state index in [1.54, 1.807) is 15.5 Å². The molecule has 1 aromatic heterocycles. The van der Waals surface area contributed by atoms with E-state index in [1.165, 1.54) is 5.54 Å². The predicted molar refractivity (Wildman–Crippen MR) is 139 cm³/mol. The molecule has 0 radical (unpaired) electrons. The topological polar surface area (TPSA) is 51.5 Å². The number of carbonyl (C=O) groups excluding carboxylic acids is 2. The number of rotatable bonds is 5. The molecule has 3 aromatic rings. The molecule has 0 aliphatic heterocycles. The smallest absolute Gasteiger partial charge is 0.415 e. The first-order valence-electron chi connectivity index (χ1n) is 10.4. The van der Waals surface area contributed by atoms with Gasteiger partial charge in [0.2, 0.25) is 0 Å². The highest BCUT2D eigenvalue weighted by molar-refractivity contribution is 14.1. The van der Waals surface area contributed by atoms with Gasteiger partial charge < -0.3 is 4.74 Å². The fraction of sp³-hybridized carbons (Fsp3) is 0.280. The molecule has 1 amide bonds. The number of hydrogen-bond acceptors (Lipinski definition) is 3. The summed E-state index contributed by atoms with van der Waals surface area (Å²) < 4.78 is 8.23. The second-order valence-electron chi connectivity index (χ2n) is 8.28. The van der Waals surface area contributed by atoms with Crippen LogP contribution in [0.4, 0.5) is 10.5 Å². The first-order valence-corrected chi connectivity index (χ1v) is 11.9. The van der Waals surface area contributed by atoms with E-state index >= 15 is 0 Å². The van der Waals surface area contributed by atoms with Gasteiger partial charge in [0.1, 0.15) is 5.60 Å². The molecule has 0 aliphatic carbocycles. The Balaban J connectivity index is 2.13. The molecular weight excluding hydrogens is 539 g/mol. The summed E-state index contributed by atoms with van der Waals surface area (Å²) in [6.07, 6.45) is 1.93. The molecule has 0 saturated heterocycles. The Morgan fingerprint density at radius 3 is 2.44 bits per heavy atom. The van der Waals surface area contributed by atoms with E-state index in [1.807, 2.05) is 76.2 Å². The van der Waals surface area contributed by atoms with Crippen molar-refractivity contribution in [2.75, 3.05) is 11.4 Å². The summed E-state index contributed by atoms with van der Waals surface area (Å²) in [5.74, 6) is -0.0740. The van der Waals surface area contributed by atoms with Gasteiger partial charge in [-0.15, -0.1) is 0 Å². The Labute approximate surface area is 207 Å². The highest BCUT2D eigenvalue weighted by Crippen LogP contribution is 2.34. The molecule has 0 fully saturated rings. The zero-order valence-electron chi connectivity index (χ0n) is 18.6. The number of nitrogens with zero attached hydrogens (tertiary/aromatic N) is 2. The molecule has 0 N–H and O–H groups in total. The van der Waals surface area contributed by atoms with Crippen LogP contribution in [0.15, 0.2) is 60.1 Å². The van der Waals surface area contributed by atoms with Crippen LogP contribution >= 0.6 is 34.2 Å². The summed E-state index contributed by atoms with van der Waals surface area (Å²) in [4.78, 5) is 27.8. The summed E-state index contributed by atoms with van der Waals surface area (Å²) in [6, 6.07) is 15.0. The summed E-state index contributed by atoms with van der Waals surface area (Å²) in [6.45, 7) is 7.78. The normalized spacial score (nSPS) is 11.8. The van der Waals surface area contributed by atoms with E-state index in [0.717, 1.165) is 20.2 Å². The first kappa shape index (κ1) is 24.3. The van der Waals surface area contributed by atoms with E-state index in [0.29, 0.717) is 17.7 Å². The van der Waals surface area contributed by atoms with Crippen molar-refractivity contribution in [1.29, 1.82) is 0 Å². The SMILES string of the molecule is CCc1cc2c(I)c(N(CC=CCl)C(=O)OC(C)(C)C)ccc2n1C(=O)c1ccccc1. The lowest BCUT2D eigenvalue weighted by Crippen LogP contribution is -2.37. The van der Waals surface area contributed by atoms with Gasteiger partial charge in [0.25, 0.3) is 5.91 Å². The van der Waals surface area contributed by atoms with Crippen LogP contribution in [0.5, 0.6) is 0 Å². The van der Waals surface area contributed by atoms with Gasteiger partial charge in [0, 0.05) is 32.3 Å². The molecule has 2 aromatic carbocycles. The lowest BCUT2D eigenvalue weighted by atomic mass is 10.2. The van der Waals surface area contributed by atoms with Crippen molar-refractivity contribution in [3.8, 4) is 0 Å². The molecule has 0 unspecified atom stereocenters. The average molecular weight is 565 g/mol. The molecule has 0 spiro atoms. The largest absolute Gasteiger partial charge is 0.443 e. The third-order valence-electron chi connectivity index (χ3n) is 4.84. The molecule has 5 nitrogen and oxygen atoms in total. The number of aromatic nitrogens is 1. The Kier molecular flexibility index (Phi) is 7.67. The third-order valence-corrected chi connectivity index (χ3v) is 6.16. The monoisotopic (exact) mass is 564 g/mol. The first-order chi connectivity index (χ1) is 15.2. The minimum atomic E-state index is -0.629. The number of aryl methyl sites for hydroxylation is 1. The van der Waals surface area contributed by atoms with Crippen molar-refractivity contribution in [1.82, 2.24) is 4.57 Å². The van der Waals surface area contributed by atoms with Gasteiger partial charge in [0.15, 0.2) is 0 Å². The van der Waals surface area contributed by atoms with Gasteiger partial charge in [-0.2, -0.15) is 0 Å². The maximum Gasteiger partial charge on any atom is 0.415 e. The van der Waals surface area contributed by atoms with Crippen molar-refractivity contribution in [3.05, 3.63) is 75.0 Å². The van der Waals surface area contributed by atoms with E-state index in [9.17, 15) is 9.59 Å². The van der Waals surface area contributed by atoms with Crippen molar-refractivity contribution < 1.29 is 14.3 Å². The summed E-state index contributed by atoms with van der Waals surface area (Å²) in [5, 5.41) is 0.910. The van der Waals surface area contributed by atoms with Gasteiger partial charge in [0.05, 0.1) is 11.2 Å². The van der Waals surface area contributed by atoms with Gasteiger partial charge in [-0.1, -0.05) is 42.8 Å². The standard InChI is InChI=1S/C25H26ClIN2O3/c1-5-18-16-19-20(29(18)23(30)17-10-7-6-8-11-17)12-13-21(22(19)27)28(15-9-14-26)24(31)32-25(2,3)4/h6-14,16H,5,15H2,1-4H3. The number of carbonyl (C=O) groups is 2. The van der Waals surface area contributed by atoms with Crippen LogP contribution in [0.3, 0.4) is 0 Å². The van der Waals surface area contributed by atoms with Crippen LogP contribution < -0.4 is 4.90 Å². The lowest BCUT2D eigenvalue weighted by Gasteiger charge is -2.27. The Morgan fingerprint density at radius 1 is 1.16 bits per heavy atom. The molecule has 0 aliphatic rings. The molecule has 0 saturated carbocycles. The van der Waals surface area contributed by atoms with E-state index in [2.05, 4.69) is 22.6 Å². The number of ether oxygens (including phenoxy) is 1. The van der Waals surface area contributed by atoms with Crippen molar-refractivity contribution in [3.63, 3.8) is 0 Å². The van der Waals surface area contributed by atoms with E-state index < -0.39 is 11.7 Å². The third kappa shape index (κ3) is 5.18. The Hall–Kier alpha value is -2.32. The molecule has 1 heterocycles. The number of amides is 1. The van der Waals surface area contributed by atoms with Crippen molar-refractivity contribution in [2.24, 2.45) is 0 Å². The summed E-state index contributed by atoms with van der Waals surface area (Å²) >= 11 is 7.97. The second-order valence-corrected chi connectivity index (χ2v) is 9.61. The predicted octanol–water partition coefficient (Wildman–Crippen LogP) is 6.99. The summed E-state index contributed by atoms with van der Waals surface area (Å²) in [7, 11) is 0. The number of benzene rings is 2. The minimum Gasteiger partial charge on any atom is -0.443 e. The molecular formula is C25H26ClIN2O3. The van der Waals surface area contributed by atoms with Gasteiger partial charge >= 0.3 is 6.09 Å². The van der Waals surface area contributed by atoms with Gasteiger partial charge in [-0.05, 0) is 80.1 Å². The number of anilines is 1. The Bertz CT molecular complexity index is 1160. The van der Waals surface area contributed by atoms with Crippen LogP contribution in [0.25, 0.3) is 10.9 Å². The number of fused-ring (bicyclic) bond motifs is 1. The van der Waals surface area contributed by atoms with Crippen molar-refractivity contribution in [2.45, 2.75) is 39.7 Å². The zero-order chi connectivity index (χ0) is 23.5. The zero-order valence-corrected chi connectivity index (χ0v) is 21.5.